The zero-order valence-corrected chi connectivity index (χ0v) is 11.2. The lowest BCUT2D eigenvalue weighted by atomic mass is 10.3. The number of hydrogen-bond donors (Lipinski definition) is 0. The molecule has 1 amide bonds. The summed E-state index contributed by atoms with van der Waals surface area (Å²) in [4.78, 5) is 13.7. The van der Waals surface area contributed by atoms with Gasteiger partial charge in [-0.1, -0.05) is 6.08 Å². The Hall–Kier alpha value is -1.91. The number of nitrogens with zero attached hydrogens (tertiary/aromatic N) is 3. The van der Waals surface area contributed by atoms with E-state index in [1.165, 1.54) is 0 Å². The van der Waals surface area contributed by atoms with Crippen LogP contribution in [0.15, 0.2) is 24.8 Å². The van der Waals surface area contributed by atoms with E-state index in [2.05, 4.69) is 16.8 Å². The largest absolute Gasteiger partial charge is 0.471 e. The summed E-state index contributed by atoms with van der Waals surface area (Å²) in [6.45, 7) is 6.89. The number of aromatic nitrogens is 2. The molecule has 1 unspecified atom stereocenters. The third kappa shape index (κ3) is 3.77. The highest BCUT2D eigenvalue weighted by molar-refractivity contribution is 5.76. The Kier molecular flexibility index (Phi) is 4.49. The quantitative estimate of drug-likeness (QED) is 0.757. The molecule has 5 heteroatoms. The molecule has 1 aromatic heterocycles. The van der Waals surface area contributed by atoms with Gasteiger partial charge in [-0.3, -0.25) is 4.79 Å². The molecule has 1 aliphatic rings. The van der Waals surface area contributed by atoms with Crippen LogP contribution in [0.3, 0.4) is 0 Å². The molecule has 0 spiro atoms. The van der Waals surface area contributed by atoms with Crippen LogP contribution in [0.1, 0.15) is 25.0 Å². The minimum atomic E-state index is 0.0182. The minimum absolute atomic E-state index is 0.0182. The van der Waals surface area contributed by atoms with Gasteiger partial charge in [-0.2, -0.15) is 5.10 Å². The molecular formula is C14H19N3O2. The van der Waals surface area contributed by atoms with Crippen molar-refractivity contribution in [3.8, 4) is 5.88 Å². The Balaban J connectivity index is 1.83. The fourth-order valence-electron chi connectivity index (χ4n) is 2.05. The lowest BCUT2D eigenvalue weighted by molar-refractivity contribution is -0.130. The van der Waals surface area contributed by atoms with E-state index >= 15 is 0 Å². The van der Waals surface area contributed by atoms with Crippen LogP contribution in [0.2, 0.25) is 0 Å². The highest BCUT2D eigenvalue weighted by Gasteiger charge is 2.27. The smallest absolute Gasteiger partial charge is 0.233 e. The molecule has 19 heavy (non-hydrogen) atoms. The molecule has 102 valence electrons. The maximum absolute atomic E-state index is 11.8. The van der Waals surface area contributed by atoms with Gasteiger partial charge in [0, 0.05) is 25.5 Å². The van der Waals surface area contributed by atoms with Crippen molar-refractivity contribution in [2.45, 2.75) is 32.3 Å². The summed E-state index contributed by atoms with van der Waals surface area (Å²) in [6, 6.07) is 3.68. The molecule has 0 aliphatic carbocycles. The van der Waals surface area contributed by atoms with Crippen LogP contribution in [0.25, 0.3) is 0 Å². The normalized spacial score (nSPS) is 18.4. The van der Waals surface area contributed by atoms with E-state index in [1.54, 1.807) is 6.08 Å². The number of ether oxygens (including phenoxy) is 1. The number of carbonyl (C=O) groups is 1. The molecule has 1 atom stereocenters. The lowest BCUT2D eigenvalue weighted by Crippen LogP contribution is -2.30. The Labute approximate surface area is 113 Å². The molecule has 0 bridgehead atoms. The number of rotatable bonds is 5. The number of hydrogen-bond acceptors (Lipinski definition) is 4. The first kappa shape index (κ1) is 13.5. The average Bonchev–Trinajstić information content (AvgIpc) is 2.87. The van der Waals surface area contributed by atoms with Crippen molar-refractivity contribution in [3.05, 3.63) is 30.5 Å². The molecule has 0 aromatic carbocycles. The minimum Gasteiger partial charge on any atom is -0.471 e. The molecule has 5 nitrogen and oxygen atoms in total. The highest BCUT2D eigenvalue weighted by Crippen LogP contribution is 2.17. The summed E-state index contributed by atoms with van der Waals surface area (Å²) in [6.07, 6.45) is 3.88. The van der Waals surface area contributed by atoms with Crippen molar-refractivity contribution >= 4 is 5.91 Å². The summed E-state index contributed by atoms with van der Waals surface area (Å²) in [5.74, 6) is 0.692. The fraction of sp³-hybridized carbons (Fsp3) is 0.500. The van der Waals surface area contributed by atoms with Gasteiger partial charge in [0.25, 0.3) is 0 Å². The zero-order chi connectivity index (χ0) is 13.7. The Morgan fingerprint density at radius 1 is 1.58 bits per heavy atom. The summed E-state index contributed by atoms with van der Waals surface area (Å²) < 4.78 is 5.73. The van der Waals surface area contributed by atoms with Crippen LogP contribution in [-0.2, 0) is 4.79 Å². The van der Waals surface area contributed by atoms with Crippen LogP contribution >= 0.6 is 0 Å². The number of likely N-dealkylation sites (tertiary alicyclic amines) is 1. The summed E-state index contributed by atoms with van der Waals surface area (Å²) in [5.41, 5.74) is 0.861. The van der Waals surface area contributed by atoms with E-state index in [-0.39, 0.29) is 12.0 Å². The van der Waals surface area contributed by atoms with Gasteiger partial charge in [-0.15, -0.1) is 11.7 Å². The SMILES string of the molecule is C=CCCC(=O)N1CCC(Oc2ccc(C)nn2)C1. The predicted octanol–water partition coefficient (Wildman–Crippen LogP) is 1.73. The van der Waals surface area contributed by atoms with E-state index in [9.17, 15) is 4.79 Å². The standard InChI is InChI=1S/C14H19N3O2/c1-3-4-5-14(18)17-9-8-12(10-17)19-13-7-6-11(2)15-16-13/h3,6-7,12H,1,4-5,8-10H2,2H3. The first-order chi connectivity index (χ1) is 9.19. The second-order valence-electron chi connectivity index (χ2n) is 4.71. The molecule has 0 N–H and O–H groups in total. The predicted molar refractivity (Wildman–Crippen MR) is 71.8 cm³/mol. The van der Waals surface area contributed by atoms with Gasteiger partial charge in [0.1, 0.15) is 6.10 Å². The highest BCUT2D eigenvalue weighted by atomic mass is 16.5. The first-order valence-corrected chi connectivity index (χ1v) is 6.54. The van der Waals surface area contributed by atoms with Crippen LogP contribution in [0, 0.1) is 6.92 Å². The first-order valence-electron chi connectivity index (χ1n) is 6.54. The van der Waals surface area contributed by atoms with Crippen LogP contribution < -0.4 is 4.74 Å². The maximum Gasteiger partial charge on any atom is 0.233 e. The molecule has 1 saturated heterocycles. The second kappa shape index (κ2) is 6.31. The third-order valence-corrected chi connectivity index (χ3v) is 3.12. The topological polar surface area (TPSA) is 55.3 Å². The van der Waals surface area contributed by atoms with Gasteiger partial charge in [-0.25, -0.2) is 0 Å². The van der Waals surface area contributed by atoms with Gasteiger partial charge >= 0.3 is 0 Å². The molecule has 0 radical (unpaired) electrons. The fourth-order valence-corrected chi connectivity index (χ4v) is 2.05. The maximum atomic E-state index is 11.8. The number of carbonyl (C=O) groups excluding carboxylic acids is 1. The van der Waals surface area contributed by atoms with Crippen molar-refractivity contribution < 1.29 is 9.53 Å². The van der Waals surface area contributed by atoms with Gasteiger partial charge < -0.3 is 9.64 Å². The second-order valence-corrected chi connectivity index (χ2v) is 4.71. The van der Waals surface area contributed by atoms with Crippen LogP contribution in [0.4, 0.5) is 0 Å². The average molecular weight is 261 g/mol. The Morgan fingerprint density at radius 2 is 2.42 bits per heavy atom. The van der Waals surface area contributed by atoms with Gasteiger partial charge in [0.2, 0.25) is 11.8 Å². The van der Waals surface area contributed by atoms with Crippen LogP contribution in [-0.4, -0.2) is 40.2 Å². The monoisotopic (exact) mass is 261 g/mol. The van der Waals surface area contributed by atoms with Crippen molar-refractivity contribution in [1.82, 2.24) is 15.1 Å². The Bertz CT molecular complexity index is 445. The van der Waals surface area contributed by atoms with E-state index in [0.717, 1.165) is 25.1 Å². The van der Waals surface area contributed by atoms with Crippen LogP contribution in [0.5, 0.6) is 5.88 Å². The van der Waals surface area contributed by atoms with Crippen molar-refractivity contribution in [2.75, 3.05) is 13.1 Å². The number of allylic oxidation sites excluding steroid dienone is 1. The summed E-state index contributed by atoms with van der Waals surface area (Å²) in [5, 5.41) is 7.92. The number of aryl methyl sites for hydroxylation is 1. The molecular weight excluding hydrogens is 242 g/mol. The molecule has 1 aliphatic heterocycles. The molecule has 1 aromatic rings. The number of amides is 1. The van der Waals surface area contributed by atoms with E-state index in [1.807, 2.05) is 24.0 Å². The molecule has 0 saturated carbocycles. The molecule has 2 rings (SSSR count). The van der Waals surface area contributed by atoms with Crippen molar-refractivity contribution in [2.24, 2.45) is 0 Å². The van der Waals surface area contributed by atoms with E-state index in [4.69, 9.17) is 4.74 Å². The van der Waals surface area contributed by atoms with E-state index < -0.39 is 0 Å². The summed E-state index contributed by atoms with van der Waals surface area (Å²) in [7, 11) is 0. The Morgan fingerprint density at radius 3 is 3.11 bits per heavy atom. The molecule has 1 fully saturated rings. The van der Waals surface area contributed by atoms with Crippen molar-refractivity contribution in [3.63, 3.8) is 0 Å². The van der Waals surface area contributed by atoms with Crippen molar-refractivity contribution in [1.29, 1.82) is 0 Å². The van der Waals surface area contributed by atoms with Gasteiger partial charge in [-0.05, 0) is 19.4 Å². The lowest BCUT2D eigenvalue weighted by Gasteiger charge is -2.16. The third-order valence-electron chi connectivity index (χ3n) is 3.12. The molecule has 2 heterocycles. The van der Waals surface area contributed by atoms with E-state index in [0.29, 0.717) is 18.8 Å². The summed E-state index contributed by atoms with van der Waals surface area (Å²) >= 11 is 0. The zero-order valence-electron chi connectivity index (χ0n) is 11.2. The van der Waals surface area contributed by atoms with Gasteiger partial charge in [0.05, 0.1) is 12.2 Å². The van der Waals surface area contributed by atoms with Gasteiger partial charge in [0.15, 0.2) is 0 Å².